The van der Waals surface area contributed by atoms with E-state index in [2.05, 4.69) is 4.90 Å². The number of methoxy groups -OCH3 is 1. The molecule has 1 saturated heterocycles. The molecule has 0 aromatic heterocycles. The van der Waals surface area contributed by atoms with Gasteiger partial charge in [-0.3, -0.25) is 4.79 Å². The van der Waals surface area contributed by atoms with E-state index < -0.39 is 5.97 Å². The van der Waals surface area contributed by atoms with Crippen molar-refractivity contribution >= 4 is 5.97 Å². The van der Waals surface area contributed by atoms with Crippen LogP contribution in [0.25, 0.3) is 0 Å². The van der Waals surface area contributed by atoms with Crippen molar-refractivity contribution in [2.45, 2.75) is 38.5 Å². The van der Waals surface area contributed by atoms with Crippen LogP contribution in [0, 0.1) is 5.92 Å². The number of piperidine rings is 1. The summed E-state index contributed by atoms with van der Waals surface area (Å²) >= 11 is 0. The molecule has 0 aromatic carbocycles. The fourth-order valence-electron chi connectivity index (χ4n) is 2.40. The summed E-state index contributed by atoms with van der Waals surface area (Å²) in [6, 6.07) is 0. The highest BCUT2D eigenvalue weighted by Gasteiger charge is 2.18. The van der Waals surface area contributed by atoms with Crippen molar-refractivity contribution in [2.75, 3.05) is 33.4 Å². The predicted molar refractivity (Wildman–Crippen MR) is 67.1 cm³/mol. The SMILES string of the molecule is COCC1CCN(CCCCCC(=O)O)CC1. The molecule has 0 amide bonds. The van der Waals surface area contributed by atoms with E-state index in [1.807, 2.05) is 0 Å². The van der Waals surface area contributed by atoms with Gasteiger partial charge in [0.25, 0.3) is 0 Å². The van der Waals surface area contributed by atoms with Crippen molar-refractivity contribution in [3.63, 3.8) is 0 Å². The second-order valence-corrected chi connectivity index (χ2v) is 4.94. The molecule has 4 nitrogen and oxygen atoms in total. The van der Waals surface area contributed by atoms with Crippen LogP contribution in [0.1, 0.15) is 38.5 Å². The molecule has 17 heavy (non-hydrogen) atoms. The van der Waals surface area contributed by atoms with Crippen LogP contribution in [0.15, 0.2) is 0 Å². The molecular weight excluding hydrogens is 218 g/mol. The highest BCUT2D eigenvalue weighted by Crippen LogP contribution is 2.17. The minimum absolute atomic E-state index is 0.315. The third kappa shape index (κ3) is 6.64. The average molecular weight is 243 g/mol. The molecule has 0 aliphatic carbocycles. The van der Waals surface area contributed by atoms with Crippen LogP contribution in [-0.2, 0) is 9.53 Å². The number of carbonyl (C=O) groups is 1. The summed E-state index contributed by atoms with van der Waals surface area (Å²) in [6.07, 6.45) is 5.77. The van der Waals surface area contributed by atoms with Crippen LogP contribution in [0.3, 0.4) is 0 Å². The Morgan fingerprint density at radius 1 is 1.29 bits per heavy atom. The van der Waals surface area contributed by atoms with Crippen molar-refractivity contribution in [3.05, 3.63) is 0 Å². The van der Waals surface area contributed by atoms with Gasteiger partial charge < -0.3 is 14.7 Å². The number of aliphatic carboxylic acids is 1. The molecule has 0 bridgehead atoms. The van der Waals surface area contributed by atoms with Crippen LogP contribution < -0.4 is 0 Å². The Morgan fingerprint density at radius 3 is 2.59 bits per heavy atom. The molecule has 1 fully saturated rings. The Bertz CT molecular complexity index is 213. The molecular formula is C13H25NO3. The Kier molecular flexibility index (Phi) is 7.21. The van der Waals surface area contributed by atoms with E-state index in [-0.39, 0.29) is 0 Å². The summed E-state index contributed by atoms with van der Waals surface area (Å²) in [5, 5.41) is 8.52. The van der Waals surface area contributed by atoms with E-state index in [9.17, 15) is 4.79 Å². The van der Waals surface area contributed by atoms with Crippen molar-refractivity contribution in [1.29, 1.82) is 0 Å². The maximum Gasteiger partial charge on any atom is 0.303 e. The first-order valence-corrected chi connectivity index (χ1v) is 6.65. The third-order valence-electron chi connectivity index (χ3n) is 3.47. The summed E-state index contributed by atoms with van der Waals surface area (Å²) in [7, 11) is 1.77. The summed E-state index contributed by atoms with van der Waals surface area (Å²) in [4.78, 5) is 12.8. The Labute approximate surface area is 104 Å². The lowest BCUT2D eigenvalue weighted by Gasteiger charge is -2.31. The molecule has 0 unspecified atom stereocenters. The number of likely N-dealkylation sites (tertiary alicyclic amines) is 1. The van der Waals surface area contributed by atoms with Crippen LogP contribution in [-0.4, -0.2) is 49.3 Å². The minimum Gasteiger partial charge on any atom is -0.481 e. The number of hydrogen-bond donors (Lipinski definition) is 1. The first kappa shape index (κ1) is 14.5. The molecule has 0 spiro atoms. The van der Waals surface area contributed by atoms with E-state index in [0.717, 1.165) is 38.3 Å². The van der Waals surface area contributed by atoms with Crippen LogP contribution >= 0.6 is 0 Å². The van der Waals surface area contributed by atoms with Gasteiger partial charge >= 0.3 is 5.97 Å². The minimum atomic E-state index is -0.676. The maximum absolute atomic E-state index is 10.3. The smallest absolute Gasteiger partial charge is 0.303 e. The van der Waals surface area contributed by atoms with Gasteiger partial charge in [0.15, 0.2) is 0 Å². The molecule has 4 heteroatoms. The van der Waals surface area contributed by atoms with Gasteiger partial charge in [-0.1, -0.05) is 6.42 Å². The van der Waals surface area contributed by atoms with E-state index >= 15 is 0 Å². The largest absolute Gasteiger partial charge is 0.481 e. The van der Waals surface area contributed by atoms with Crippen molar-refractivity contribution < 1.29 is 14.6 Å². The van der Waals surface area contributed by atoms with Gasteiger partial charge in [0.05, 0.1) is 0 Å². The molecule has 0 saturated carbocycles. The number of hydrogen-bond acceptors (Lipinski definition) is 3. The second kappa shape index (κ2) is 8.48. The fourth-order valence-corrected chi connectivity index (χ4v) is 2.40. The number of ether oxygens (including phenoxy) is 1. The van der Waals surface area contributed by atoms with Gasteiger partial charge in [-0.25, -0.2) is 0 Å². The van der Waals surface area contributed by atoms with Gasteiger partial charge in [0, 0.05) is 20.1 Å². The third-order valence-corrected chi connectivity index (χ3v) is 3.47. The first-order chi connectivity index (χ1) is 8.22. The summed E-state index contributed by atoms with van der Waals surface area (Å²) in [5.41, 5.74) is 0. The molecule has 1 rings (SSSR count). The lowest BCUT2D eigenvalue weighted by atomic mass is 9.97. The highest BCUT2D eigenvalue weighted by atomic mass is 16.5. The standard InChI is InChI=1S/C13H25NO3/c1-17-11-12-6-9-14(10-7-12)8-4-2-3-5-13(15)16/h12H,2-11H2,1H3,(H,15,16). The van der Waals surface area contributed by atoms with E-state index in [1.54, 1.807) is 7.11 Å². The number of rotatable bonds is 8. The fraction of sp³-hybridized carbons (Fsp3) is 0.923. The maximum atomic E-state index is 10.3. The molecule has 1 N–H and O–H groups in total. The van der Waals surface area contributed by atoms with E-state index in [0.29, 0.717) is 6.42 Å². The van der Waals surface area contributed by atoms with Crippen LogP contribution in [0.2, 0.25) is 0 Å². The summed E-state index contributed by atoms with van der Waals surface area (Å²) in [5.74, 6) is 0.0636. The molecule has 0 aromatic rings. The van der Waals surface area contributed by atoms with E-state index in [4.69, 9.17) is 9.84 Å². The van der Waals surface area contributed by atoms with E-state index in [1.165, 1.54) is 25.9 Å². The average Bonchev–Trinajstić information content (AvgIpc) is 2.31. The zero-order valence-electron chi connectivity index (χ0n) is 10.9. The lowest BCUT2D eigenvalue weighted by Crippen LogP contribution is -2.35. The van der Waals surface area contributed by atoms with Crippen LogP contribution in [0.4, 0.5) is 0 Å². The predicted octanol–water partition coefficient (Wildman–Crippen LogP) is 1.99. The molecule has 1 aliphatic heterocycles. The number of carboxylic acids is 1. The topological polar surface area (TPSA) is 49.8 Å². The van der Waals surface area contributed by atoms with Crippen molar-refractivity contribution in [1.82, 2.24) is 4.90 Å². The van der Waals surface area contributed by atoms with Gasteiger partial charge in [0.1, 0.15) is 0 Å². The normalized spacial score (nSPS) is 18.4. The summed E-state index contributed by atoms with van der Waals surface area (Å²) in [6.45, 7) is 4.37. The van der Waals surface area contributed by atoms with Crippen molar-refractivity contribution in [2.24, 2.45) is 5.92 Å². The van der Waals surface area contributed by atoms with Crippen molar-refractivity contribution in [3.8, 4) is 0 Å². The zero-order chi connectivity index (χ0) is 12.5. The molecule has 1 aliphatic rings. The van der Waals surface area contributed by atoms with Gasteiger partial charge in [0.2, 0.25) is 0 Å². The zero-order valence-corrected chi connectivity index (χ0v) is 10.9. The van der Waals surface area contributed by atoms with Gasteiger partial charge in [-0.2, -0.15) is 0 Å². The Hall–Kier alpha value is -0.610. The number of nitrogens with zero attached hydrogens (tertiary/aromatic N) is 1. The monoisotopic (exact) mass is 243 g/mol. The molecule has 100 valence electrons. The molecule has 1 heterocycles. The summed E-state index contributed by atoms with van der Waals surface area (Å²) < 4.78 is 5.18. The lowest BCUT2D eigenvalue weighted by molar-refractivity contribution is -0.137. The van der Waals surface area contributed by atoms with Gasteiger partial charge in [-0.05, 0) is 51.2 Å². The molecule has 0 radical (unpaired) electrons. The first-order valence-electron chi connectivity index (χ1n) is 6.65. The Morgan fingerprint density at radius 2 is 2.00 bits per heavy atom. The Balaban J connectivity index is 1.97. The molecule has 0 atom stereocenters. The number of unbranched alkanes of at least 4 members (excludes halogenated alkanes) is 2. The quantitative estimate of drug-likeness (QED) is 0.662. The highest BCUT2D eigenvalue weighted by molar-refractivity contribution is 5.66. The van der Waals surface area contributed by atoms with Gasteiger partial charge in [-0.15, -0.1) is 0 Å². The number of carboxylic acid groups (broad SMARTS) is 1. The second-order valence-electron chi connectivity index (χ2n) is 4.94. The van der Waals surface area contributed by atoms with Crippen LogP contribution in [0.5, 0.6) is 0 Å².